The van der Waals surface area contributed by atoms with Crippen molar-refractivity contribution < 1.29 is 23.7 Å². The summed E-state index contributed by atoms with van der Waals surface area (Å²) in [5.74, 6) is 0.613. The Kier molecular flexibility index (Phi) is 4.76. The van der Waals surface area contributed by atoms with Gasteiger partial charge in [0, 0.05) is 12.0 Å². The minimum atomic E-state index is -0.376. The van der Waals surface area contributed by atoms with Crippen molar-refractivity contribution in [1.82, 2.24) is 0 Å². The second-order valence-electron chi connectivity index (χ2n) is 4.16. The van der Waals surface area contributed by atoms with Gasteiger partial charge in [-0.2, -0.15) is 0 Å². The normalized spacial score (nSPS) is 16.1. The van der Waals surface area contributed by atoms with Gasteiger partial charge < -0.3 is 18.9 Å². The lowest BCUT2D eigenvalue weighted by Crippen LogP contribution is -2.17. The second kappa shape index (κ2) is 6.54. The first-order valence-electron chi connectivity index (χ1n) is 6.36. The van der Waals surface area contributed by atoms with E-state index in [2.05, 4.69) is 0 Å². The van der Waals surface area contributed by atoms with E-state index in [0.29, 0.717) is 31.1 Å². The lowest BCUT2D eigenvalue weighted by molar-refractivity contribution is -0.183. The molecule has 0 amide bonds. The molecule has 0 unspecified atom stereocenters. The zero-order valence-electron chi connectivity index (χ0n) is 11.2. The van der Waals surface area contributed by atoms with Crippen LogP contribution >= 0.6 is 0 Å². The monoisotopic (exact) mass is 266 g/mol. The Balaban J connectivity index is 2.17. The van der Waals surface area contributed by atoms with E-state index < -0.39 is 0 Å². The molecular weight excluding hydrogens is 248 g/mol. The minimum Gasteiger partial charge on any atom is -0.493 e. The fourth-order valence-electron chi connectivity index (χ4n) is 1.79. The second-order valence-corrected chi connectivity index (χ2v) is 4.16. The van der Waals surface area contributed by atoms with Crippen LogP contribution in [0.3, 0.4) is 0 Å². The Labute approximate surface area is 112 Å². The van der Waals surface area contributed by atoms with Crippen LogP contribution in [0.1, 0.15) is 31.6 Å². The van der Waals surface area contributed by atoms with E-state index in [1.165, 1.54) is 7.11 Å². The van der Waals surface area contributed by atoms with Crippen molar-refractivity contribution in [3.05, 3.63) is 23.8 Å². The number of methoxy groups -OCH3 is 1. The summed E-state index contributed by atoms with van der Waals surface area (Å²) >= 11 is 0. The molecule has 1 aliphatic heterocycles. The molecule has 1 aliphatic rings. The number of rotatable bonds is 4. The summed E-state index contributed by atoms with van der Waals surface area (Å²) in [6, 6.07) is 5.29. The molecule has 0 aromatic heterocycles. The molecule has 1 fully saturated rings. The lowest BCUT2D eigenvalue weighted by Gasteiger charge is -2.24. The van der Waals surface area contributed by atoms with Crippen molar-refractivity contribution in [3.63, 3.8) is 0 Å². The third-order valence-corrected chi connectivity index (χ3v) is 2.80. The highest BCUT2D eigenvalue weighted by Crippen LogP contribution is 2.33. The van der Waals surface area contributed by atoms with Crippen molar-refractivity contribution in [2.75, 3.05) is 20.3 Å². The van der Waals surface area contributed by atoms with Crippen LogP contribution in [0.5, 0.6) is 11.5 Å². The third kappa shape index (κ3) is 3.45. The van der Waals surface area contributed by atoms with E-state index in [9.17, 15) is 4.79 Å². The van der Waals surface area contributed by atoms with Crippen LogP contribution in [0.15, 0.2) is 18.2 Å². The fraction of sp³-hybridized carbons (Fsp3) is 0.500. The lowest BCUT2D eigenvalue weighted by atomic mass is 10.2. The summed E-state index contributed by atoms with van der Waals surface area (Å²) in [6.45, 7) is 3.10. The molecule has 5 nitrogen and oxygen atoms in total. The molecule has 0 atom stereocenters. The number of benzene rings is 1. The van der Waals surface area contributed by atoms with Crippen molar-refractivity contribution in [1.29, 1.82) is 0 Å². The maximum absolute atomic E-state index is 11.3. The van der Waals surface area contributed by atoms with Crippen LogP contribution in [0.2, 0.25) is 0 Å². The van der Waals surface area contributed by atoms with E-state index in [1.54, 1.807) is 19.1 Å². The predicted octanol–water partition coefficient (Wildman–Crippen LogP) is 2.45. The third-order valence-electron chi connectivity index (χ3n) is 2.80. The number of esters is 1. The highest BCUT2D eigenvalue weighted by Gasteiger charge is 2.19. The molecule has 1 heterocycles. The number of hydrogen-bond donors (Lipinski definition) is 0. The van der Waals surface area contributed by atoms with E-state index >= 15 is 0 Å². The van der Waals surface area contributed by atoms with Crippen LogP contribution in [-0.2, 0) is 14.3 Å². The molecule has 5 heteroatoms. The average molecular weight is 266 g/mol. The smallest absolute Gasteiger partial charge is 0.311 e. The van der Waals surface area contributed by atoms with Crippen LogP contribution in [0.4, 0.5) is 0 Å². The molecule has 1 aromatic rings. The first-order chi connectivity index (χ1) is 9.24. The quantitative estimate of drug-likeness (QED) is 0.619. The van der Waals surface area contributed by atoms with Crippen molar-refractivity contribution in [2.24, 2.45) is 0 Å². The summed E-state index contributed by atoms with van der Waals surface area (Å²) in [5.41, 5.74) is 0.854. The van der Waals surface area contributed by atoms with E-state index in [1.807, 2.05) is 6.07 Å². The SMILES string of the molecule is CCC(=O)Oc1ccc(C2OCCCO2)cc1OC. The maximum atomic E-state index is 11.3. The van der Waals surface area contributed by atoms with Gasteiger partial charge in [-0.05, 0) is 24.6 Å². The molecule has 0 aliphatic carbocycles. The molecule has 1 saturated heterocycles. The first kappa shape index (κ1) is 13.8. The average Bonchev–Trinajstić information content (AvgIpc) is 2.48. The van der Waals surface area contributed by atoms with Gasteiger partial charge in [-0.1, -0.05) is 6.92 Å². The van der Waals surface area contributed by atoms with Crippen LogP contribution in [-0.4, -0.2) is 26.3 Å². The van der Waals surface area contributed by atoms with E-state index in [0.717, 1.165) is 12.0 Å². The molecule has 104 valence electrons. The fourth-order valence-corrected chi connectivity index (χ4v) is 1.79. The topological polar surface area (TPSA) is 54.0 Å². The molecule has 19 heavy (non-hydrogen) atoms. The Hall–Kier alpha value is -1.59. The molecule has 2 rings (SSSR count). The van der Waals surface area contributed by atoms with Gasteiger partial charge in [0.15, 0.2) is 17.8 Å². The van der Waals surface area contributed by atoms with Crippen LogP contribution < -0.4 is 9.47 Å². The van der Waals surface area contributed by atoms with Crippen molar-refractivity contribution >= 4 is 5.97 Å². The van der Waals surface area contributed by atoms with Gasteiger partial charge in [-0.3, -0.25) is 4.79 Å². The highest BCUT2D eigenvalue weighted by atomic mass is 16.7. The van der Waals surface area contributed by atoms with Gasteiger partial charge in [-0.15, -0.1) is 0 Å². The highest BCUT2D eigenvalue weighted by molar-refractivity contribution is 5.72. The number of hydrogen-bond acceptors (Lipinski definition) is 5. The van der Waals surface area contributed by atoms with Gasteiger partial charge >= 0.3 is 5.97 Å². The zero-order valence-corrected chi connectivity index (χ0v) is 11.2. The molecule has 0 bridgehead atoms. The minimum absolute atomic E-state index is 0.295. The Morgan fingerprint density at radius 2 is 2.05 bits per heavy atom. The molecular formula is C14H18O5. The van der Waals surface area contributed by atoms with Gasteiger partial charge in [-0.25, -0.2) is 0 Å². The van der Waals surface area contributed by atoms with Crippen LogP contribution in [0, 0.1) is 0 Å². The Bertz CT molecular complexity index is 437. The molecule has 1 aromatic carbocycles. The van der Waals surface area contributed by atoms with E-state index in [-0.39, 0.29) is 12.3 Å². The van der Waals surface area contributed by atoms with Crippen LogP contribution in [0.25, 0.3) is 0 Å². The van der Waals surface area contributed by atoms with Gasteiger partial charge in [0.05, 0.1) is 20.3 Å². The largest absolute Gasteiger partial charge is 0.493 e. The number of carbonyl (C=O) groups is 1. The number of ether oxygens (including phenoxy) is 4. The van der Waals surface area contributed by atoms with Crippen molar-refractivity contribution in [3.8, 4) is 11.5 Å². The summed E-state index contributed by atoms with van der Waals surface area (Å²) in [4.78, 5) is 11.3. The summed E-state index contributed by atoms with van der Waals surface area (Å²) in [5, 5.41) is 0. The van der Waals surface area contributed by atoms with Gasteiger partial charge in [0.1, 0.15) is 0 Å². The Morgan fingerprint density at radius 3 is 2.68 bits per heavy atom. The summed E-state index contributed by atoms with van der Waals surface area (Å²) in [7, 11) is 1.53. The van der Waals surface area contributed by atoms with Crippen molar-refractivity contribution in [2.45, 2.75) is 26.1 Å². The van der Waals surface area contributed by atoms with Gasteiger partial charge in [0.2, 0.25) is 0 Å². The molecule has 0 radical (unpaired) electrons. The van der Waals surface area contributed by atoms with E-state index in [4.69, 9.17) is 18.9 Å². The standard InChI is InChI=1S/C14H18O5/c1-3-13(15)19-11-6-5-10(9-12(11)16-2)14-17-7-4-8-18-14/h5-6,9,14H,3-4,7-8H2,1-2H3. The summed E-state index contributed by atoms with van der Waals surface area (Å²) < 4.78 is 21.5. The summed E-state index contributed by atoms with van der Waals surface area (Å²) in [6.07, 6.45) is 0.845. The molecule has 0 N–H and O–H groups in total. The molecule has 0 spiro atoms. The zero-order chi connectivity index (χ0) is 13.7. The first-order valence-corrected chi connectivity index (χ1v) is 6.36. The maximum Gasteiger partial charge on any atom is 0.311 e. The Morgan fingerprint density at radius 1 is 1.32 bits per heavy atom. The molecule has 0 saturated carbocycles. The number of carbonyl (C=O) groups excluding carboxylic acids is 1. The van der Waals surface area contributed by atoms with Gasteiger partial charge in [0.25, 0.3) is 0 Å². The predicted molar refractivity (Wildman–Crippen MR) is 68.2 cm³/mol.